The Morgan fingerprint density at radius 2 is 1.67 bits per heavy atom. The zero-order valence-corrected chi connectivity index (χ0v) is 13.8. The Balaban J connectivity index is 2.39. The van der Waals surface area contributed by atoms with Crippen LogP contribution in [0.5, 0.6) is 0 Å². The highest BCUT2D eigenvalue weighted by molar-refractivity contribution is 6.08. The molecule has 0 unspecified atom stereocenters. The van der Waals surface area contributed by atoms with Crippen molar-refractivity contribution in [2.75, 3.05) is 19.5 Å². The van der Waals surface area contributed by atoms with Crippen LogP contribution in [0.25, 0.3) is 0 Å². The first-order valence-electron chi connectivity index (χ1n) is 7.06. The summed E-state index contributed by atoms with van der Waals surface area (Å²) in [6.45, 7) is 3.55. The van der Waals surface area contributed by atoms with Crippen molar-refractivity contribution in [3.8, 4) is 0 Å². The Hall–Kier alpha value is -3.09. The number of esters is 2. The summed E-state index contributed by atoms with van der Waals surface area (Å²) in [6, 6.07) is 5.73. The van der Waals surface area contributed by atoms with Crippen LogP contribution in [0, 0.1) is 13.8 Å². The zero-order valence-electron chi connectivity index (χ0n) is 13.8. The largest absolute Gasteiger partial charge is 0.465 e. The molecular formula is C17H17NO6. The minimum absolute atomic E-state index is 0.101. The molecule has 2 aromatic rings. The third-order valence-corrected chi connectivity index (χ3v) is 3.48. The van der Waals surface area contributed by atoms with Gasteiger partial charge in [-0.15, -0.1) is 0 Å². The van der Waals surface area contributed by atoms with E-state index in [2.05, 4.69) is 14.8 Å². The molecule has 1 N–H and O–H groups in total. The average molecular weight is 331 g/mol. The summed E-state index contributed by atoms with van der Waals surface area (Å²) in [5.74, 6) is -1.06. The molecule has 0 fully saturated rings. The first kappa shape index (κ1) is 17.3. The van der Waals surface area contributed by atoms with Gasteiger partial charge in [0, 0.05) is 0 Å². The van der Waals surface area contributed by atoms with Crippen molar-refractivity contribution in [1.29, 1.82) is 0 Å². The molecular weight excluding hydrogens is 314 g/mol. The van der Waals surface area contributed by atoms with E-state index < -0.39 is 17.8 Å². The quantitative estimate of drug-likeness (QED) is 0.866. The van der Waals surface area contributed by atoms with E-state index in [9.17, 15) is 14.4 Å². The summed E-state index contributed by atoms with van der Waals surface area (Å²) in [5.41, 5.74) is 1.25. The fraction of sp³-hybridized carbons (Fsp3) is 0.235. The standard InChI is InChI=1S/C17H17NO6/c1-9-7-14(24-10(9)2)15(19)18-13-8-11(16(20)22-3)5-6-12(13)17(21)23-4/h5-8H,1-4H3,(H,18,19). The number of amides is 1. The van der Waals surface area contributed by atoms with E-state index in [1.807, 2.05) is 6.92 Å². The van der Waals surface area contributed by atoms with Crippen molar-refractivity contribution in [3.05, 3.63) is 52.5 Å². The Morgan fingerprint density at radius 1 is 1.00 bits per heavy atom. The summed E-state index contributed by atoms with van der Waals surface area (Å²) in [6.07, 6.45) is 0. The van der Waals surface area contributed by atoms with Crippen LogP contribution < -0.4 is 5.32 Å². The number of carbonyl (C=O) groups excluding carboxylic acids is 3. The molecule has 0 radical (unpaired) electrons. The van der Waals surface area contributed by atoms with E-state index in [0.717, 1.165) is 5.56 Å². The minimum atomic E-state index is -0.645. The van der Waals surface area contributed by atoms with Crippen molar-refractivity contribution >= 4 is 23.5 Å². The number of anilines is 1. The van der Waals surface area contributed by atoms with E-state index in [0.29, 0.717) is 5.76 Å². The molecule has 0 bridgehead atoms. The van der Waals surface area contributed by atoms with E-state index in [1.165, 1.54) is 32.4 Å². The lowest BCUT2D eigenvalue weighted by atomic mass is 10.1. The van der Waals surface area contributed by atoms with Crippen LogP contribution in [0.3, 0.4) is 0 Å². The highest BCUT2D eigenvalue weighted by Crippen LogP contribution is 2.22. The maximum absolute atomic E-state index is 12.3. The molecule has 0 aliphatic heterocycles. The third-order valence-electron chi connectivity index (χ3n) is 3.48. The van der Waals surface area contributed by atoms with Crippen LogP contribution in [0.4, 0.5) is 5.69 Å². The van der Waals surface area contributed by atoms with E-state index >= 15 is 0 Å². The van der Waals surface area contributed by atoms with Gasteiger partial charge in [0.15, 0.2) is 5.76 Å². The number of methoxy groups -OCH3 is 2. The van der Waals surface area contributed by atoms with Crippen LogP contribution in [-0.2, 0) is 9.47 Å². The van der Waals surface area contributed by atoms with Crippen LogP contribution in [0.15, 0.2) is 28.7 Å². The normalized spacial score (nSPS) is 10.2. The minimum Gasteiger partial charge on any atom is -0.465 e. The number of hydrogen-bond donors (Lipinski definition) is 1. The first-order valence-corrected chi connectivity index (χ1v) is 7.06. The van der Waals surface area contributed by atoms with Crippen molar-refractivity contribution < 1.29 is 28.3 Å². The Bertz CT molecular complexity index is 786. The lowest BCUT2D eigenvalue weighted by Gasteiger charge is -2.10. The molecule has 0 atom stereocenters. The third kappa shape index (κ3) is 3.45. The molecule has 126 valence electrons. The van der Waals surface area contributed by atoms with Crippen molar-refractivity contribution in [3.63, 3.8) is 0 Å². The summed E-state index contributed by atoms with van der Waals surface area (Å²) in [7, 11) is 2.46. The first-order chi connectivity index (χ1) is 11.4. The number of hydrogen-bond acceptors (Lipinski definition) is 6. The molecule has 24 heavy (non-hydrogen) atoms. The second-order valence-corrected chi connectivity index (χ2v) is 5.05. The van der Waals surface area contributed by atoms with Crippen molar-refractivity contribution in [2.24, 2.45) is 0 Å². The van der Waals surface area contributed by atoms with Gasteiger partial charge in [-0.2, -0.15) is 0 Å². The van der Waals surface area contributed by atoms with Gasteiger partial charge in [-0.1, -0.05) is 0 Å². The van der Waals surface area contributed by atoms with Crippen molar-refractivity contribution in [2.45, 2.75) is 13.8 Å². The van der Waals surface area contributed by atoms with Gasteiger partial charge in [0.05, 0.1) is 31.0 Å². The number of carbonyl (C=O) groups is 3. The van der Waals surface area contributed by atoms with E-state index in [1.54, 1.807) is 13.0 Å². The van der Waals surface area contributed by atoms with Crippen LogP contribution in [-0.4, -0.2) is 32.1 Å². The van der Waals surface area contributed by atoms with E-state index in [4.69, 9.17) is 4.42 Å². The zero-order chi connectivity index (χ0) is 17.9. The molecule has 0 spiro atoms. The summed E-state index contributed by atoms with van der Waals surface area (Å²) in [5, 5.41) is 2.56. The number of nitrogens with one attached hydrogen (secondary N) is 1. The van der Waals surface area contributed by atoms with Gasteiger partial charge >= 0.3 is 11.9 Å². The van der Waals surface area contributed by atoms with Gasteiger partial charge in [-0.25, -0.2) is 9.59 Å². The SMILES string of the molecule is COC(=O)c1ccc(C(=O)OC)c(NC(=O)c2cc(C)c(C)o2)c1. The number of furan rings is 1. The second-order valence-electron chi connectivity index (χ2n) is 5.05. The summed E-state index contributed by atoms with van der Waals surface area (Å²) >= 11 is 0. The smallest absolute Gasteiger partial charge is 0.339 e. The van der Waals surface area contributed by atoms with Gasteiger partial charge < -0.3 is 19.2 Å². The van der Waals surface area contributed by atoms with Gasteiger partial charge in [0.2, 0.25) is 0 Å². The maximum atomic E-state index is 12.3. The number of ether oxygens (including phenoxy) is 2. The molecule has 7 heteroatoms. The van der Waals surface area contributed by atoms with Crippen LogP contribution in [0.2, 0.25) is 0 Å². The Labute approximate surface area is 138 Å². The predicted molar refractivity (Wildman–Crippen MR) is 85.3 cm³/mol. The molecule has 0 saturated carbocycles. The van der Waals surface area contributed by atoms with Gasteiger partial charge in [0.25, 0.3) is 5.91 Å². The highest BCUT2D eigenvalue weighted by atomic mass is 16.5. The maximum Gasteiger partial charge on any atom is 0.339 e. The lowest BCUT2D eigenvalue weighted by molar-refractivity contribution is 0.0587. The fourth-order valence-corrected chi connectivity index (χ4v) is 2.05. The van der Waals surface area contributed by atoms with E-state index in [-0.39, 0.29) is 22.6 Å². The topological polar surface area (TPSA) is 94.8 Å². The molecule has 0 saturated heterocycles. The monoisotopic (exact) mass is 331 g/mol. The lowest BCUT2D eigenvalue weighted by Crippen LogP contribution is -2.16. The average Bonchev–Trinajstić information content (AvgIpc) is 2.92. The molecule has 1 aromatic carbocycles. The molecule has 2 rings (SSSR count). The van der Waals surface area contributed by atoms with Gasteiger partial charge in [0.1, 0.15) is 5.76 Å². The van der Waals surface area contributed by atoms with Crippen LogP contribution >= 0.6 is 0 Å². The highest BCUT2D eigenvalue weighted by Gasteiger charge is 2.19. The Kier molecular flexibility index (Phi) is 5.03. The van der Waals surface area contributed by atoms with Gasteiger partial charge in [-0.05, 0) is 43.7 Å². The Morgan fingerprint density at radius 3 is 2.21 bits per heavy atom. The molecule has 1 heterocycles. The second kappa shape index (κ2) is 6.99. The molecule has 7 nitrogen and oxygen atoms in total. The summed E-state index contributed by atoms with van der Waals surface area (Å²) < 4.78 is 14.7. The number of benzene rings is 1. The molecule has 0 aliphatic carbocycles. The molecule has 1 amide bonds. The summed E-state index contributed by atoms with van der Waals surface area (Å²) in [4.78, 5) is 35.8. The number of rotatable bonds is 4. The molecule has 0 aliphatic rings. The van der Waals surface area contributed by atoms with Crippen molar-refractivity contribution in [1.82, 2.24) is 0 Å². The fourth-order valence-electron chi connectivity index (χ4n) is 2.05. The predicted octanol–water partition coefficient (Wildman–Crippen LogP) is 2.72. The number of aryl methyl sites for hydroxylation is 2. The van der Waals surface area contributed by atoms with Crippen LogP contribution in [0.1, 0.15) is 42.6 Å². The molecule has 1 aromatic heterocycles. The van der Waals surface area contributed by atoms with Gasteiger partial charge in [-0.3, -0.25) is 4.79 Å².